The van der Waals surface area contributed by atoms with E-state index in [-0.39, 0.29) is 19.0 Å². The maximum atomic E-state index is 12.8. The Hall–Kier alpha value is -3.95. The molecule has 0 fully saturated rings. The van der Waals surface area contributed by atoms with Gasteiger partial charge in [-0.15, -0.1) is 0 Å². The molecule has 0 unspecified atom stereocenters. The van der Waals surface area contributed by atoms with Gasteiger partial charge < -0.3 is 15.7 Å². The molecule has 2 aromatic heterocycles. The smallest absolute Gasteiger partial charge is 0.416 e. The minimum atomic E-state index is -4.39. The molecule has 0 bridgehead atoms. The lowest BCUT2D eigenvalue weighted by atomic mass is 9.97. The second-order valence-corrected chi connectivity index (χ2v) is 8.71. The first-order valence-electron chi connectivity index (χ1n) is 11.4. The average Bonchev–Trinajstić information content (AvgIpc) is 2.83. The summed E-state index contributed by atoms with van der Waals surface area (Å²) in [6, 6.07) is 11.7. The summed E-state index contributed by atoms with van der Waals surface area (Å²) < 4.78 is 38.5. The van der Waals surface area contributed by atoms with E-state index in [1.165, 1.54) is 18.3 Å². The van der Waals surface area contributed by atoms with Gasteiger partial charge in [0.2, 0.25) is 0 Å². The van der Waals surface area contributed by atoms with Crippen LogP contribution in [0.4, 0.5) is 19.0 Å². The third-order valence-electron chi connectivity index (χ3n) is 5.38. The van der Waals surface area contributed by atoms with Crippen molar-refractivity contribution >= 4 is 17.7 Å². The van der Waals surface area contributed by atoms with Crippen molar-refractivity contribution in [1.29, 1.82) is 0 Å². The maximum absolute atomic E-state index is 12.8. The number of aromatic nitrogens is 2. The van der Waals surface area contributed by atoms with Crippen LogP contribution in [0.3, 0.4) is 0 Å². The molecule has 2 heterocycles. The molecule has 1 amide bonds. The highest BCUT2D eigenvalue weighted by atomic mass is 19.4. The van der Waals surface area contributed by atoms with Crippen molar-refractivity contribution < 1.29 is 27.9 Å². The van der Waals surface area contributed by atoms with E-state index in [2.05, 4.69) is 34.4 Å². The first-order valence-corrected chi connectivity index (χ1v) is 11.4. The number of halogens is 3. The number of anilines is 1. The Morgan fingerprint density at radius 2 is 1.69 bits per heavy atom. The summed E-state index contributed by atoms with van der Waals surface area (Å²) in [6.07, 6.45) is -0.683. The molecule has 3 N–H and O–H groups in total. The van der Waals surface area contributed by atoms with Crippen molar-refractivity contribution in [2.45, 2.75) is 38.9 Å². The minimum absolute atomic E-state index is 0.0279. The second kappa shape index (κ2) is 11.7. The number of aliphatic carboxylic acids is 1. The van der Waals surface area contributed by atoms with E-state index >= 15 is 0 Å². The third-order valence-corrected chi connectivity index (χ3v) is 5.38. The van der Waals surface area contributed by atoms with E-state index in [4.69, 9.17) is 5.11 Å². The molecule has 36 heavy (non-hydrogen) atoms. The number of carboxylic acid groups (broad SMARTS) is 1. The molecule has 190 valence electrons. The largest absolute Gasteiger partial charge is 0.481 e. The topological polar surface area (TPSA) is 104 Å². The van der Waals surface area contributed by atoms with Crippen molar-refractivity contribution in [3.05, 3.63) is 77.6 Å². The summed E-state index contributed by atoms with van der Waals surface area (Å²) in [5.41, 5.74) is 1.64. The van der Waals surface area contributed by atoms with Crippen LogP contribution in [0.15, 0.2) is 60.9 Å². The van der Waals surface area contributed by atoms with Crippen molar-refractivity contribution in [2.75, 3.05) is 11.9 Å². The van der Waals surface area contributed by atoms with Gasteiger partial charge in [0.25, 0.3) is 5.91 Å². The number of carbonyl (C=O) groups excluding carboxylic acids is 1. The van der Waals surface area contributed by atoms with Crippen molar-refractivity contribution in [3.8, 4) is 11.3 Å². The molecule has 10 heteroatoms. The summed E-state index contributed by atoms with van der Waals surface area (Å²) in [7, 11) is 0. The van der Waals surface area contributed by atoms with Gasteiger partial charge >= 0.3 is 12.1 Å². The molecule has 1 atom stereocenters. The number of carbonyl (C=O) groups is 2. The first kappa shape index (κ1) is 26.7. The van der Waals surface area contributed by atoms with Gasteiger partial charge in [0.15, 0.2) is 0 Å². The number of pyridine rings is 2. The molecule has 1 aromatic carbocycles. The zero-order chi connectivity index (χ0) is 26.3. The predicted molar refractivity (Wildman–Crippen MR) is 129 cm³/mol. The van der Waals surface area contributed by atoms with E-state index in [1.54, 1.807) is 24.4 Å². The number of alkyl halides is 3. The van der Waals surface area contributed by atoms with Crippen LogP contribution in [0.2, 0.25) is 0 Å². The lowest BCUT2D eigenvalue weighted by Gasteiger charge is -2.22. The Morgan fingerprint density at radius 1 is 0.972 bits per heavy atom. The monoisotopic (exact) mass is 500 g/mol. The van der Waals surface area contributed by atoms with Crippen LogP contribution >= 0.6 is 0 Å². The SMILES string of the molecule is CC(C)C[C@@H](Nc1ccc(C(=O)NCCC(=O)O)cn1)c1ccc(-c2ccc(C(F)(F)F)cc2)nc1. The van der Waals surface area contributed by atoms with Crippen LogP contribution in [0, 0.1) is 5.92 Å². The molecule has 7 nitrogen and oxygen atoms in total. The fourth-order valence-electron chi connectivity index (χ4n) is 3.54. The molecule has 0 saturated heterocycles. The number of benzene rings is 1. The lowest BCUT2D eigenvalue weighted by molar-refractivity contribution is -0.138. The van der Waals surface area contributed by atoms with E-state index in [0.717, 1.165) is 24.1 Å². The van der Waals surface area contributed by atoms with E-state index in [9.17, 15) is 22.8 Å². The molecule has 0 radical (unpaired) electrons. The minimum Gasteiger partial charge on any atom is -0.481 e. The first-order chi connectivity index (χ1) is 17.0. The average molecular weight is 501 g/mol. The van der Waals surface area contributed by atoms with Gasteiger partial charge in [-0.2, -0.15) is 13.2 Å². The molecule has 0 aliphatic carbocycles. The Morgan fingerprint density at radius 3 is 2.22 bits per heavy atom. The molecule has 0 aliphatic rings. The molecular weight excluding hydrogens is 473 g/mol. The predicted octanol–water partition coefficient (Wildman–Crippen LogP) is 5.57. The summed E-state index contributed by atoms with van der Waals surface area (Å²) in [4.78, 5) is 31.5. The van der Waals surface area contributed by atoms with Crippen molar-refractivity contribution in [2.24, 2.45) is 5.92 Å². The van der Waals surface area contributed by atoms with Crippen LogP contribution in [0.5, 0.6) is 0 Å². The highest BCUT2D eigenvalue weighted by molar-refractivity contribution is 5.94. The maximum Gasteiger partial charge on any atom is 0.416 e. The summed E-state index contributed by atoms with van der Waals surface area (Å²) >= 11 is 0. The fraction of sp³-hybridized carbons (Fsp3) is 0.308. The van der Waals surface area contributed by atoms with Crippen LogP contribution in [-0.4, -0.2) is 33.5 Å². The fourth-order valence-corrected chi connectivity index (χ4v) is 3.54. The molecule has 0 aliphatic heterocycles. The van der Waals surface area contributed by atoms with Gasteiger partial charge in [-0.25, -0.2) is 4.98 Å². The van der Waals surface area contributed by atoms with Gasteiger partial charge in [-0.1, -0.05) is 32.0 Å². The zero-order valence-electron chi connectivity index (χ0n) is 19.8. The quantitative estimate of drug-likeness (QED) is 0.336. The van der Waals surface area contributed by atoms with Crippen LogP contribution in [-0.2, 0) is 11.0 Å². The van der Waals surface area contributed by atoms with E-state index in [0.29, 0.717) is 28.6 Å². The lowest BCUT2D eigenvalue weighted by Crippen LogP contribution is -2.26. The summed E-state index contributed by atoms with van der Waals surface area (Å²) in [6.45, 7) is 4.19. The number of nitrogens with zero attached hydrogens (tertiary/aromatic N) is 2. The summed E-state index contributed by atoms with van der Waals surface area (Å²) in [5.74, 6) is -0.505. The summed E-state index contributed by atoms with van der Waals surface area (Å²) in [5, 5.41) is 14.5. The number of rotatable bonds is 10. The third kappa shape index (κ3) is 7.53. The Balaban J connectivity index is 1.70. The molecule has 3 rings (SSSR count). The normalized spacial score (nSPS) is 12.3. The highest BCUT2D eigenvalue weighted by Gasteiger charge is 2.30. The Kier molecular flexibility index (Phi) is 8.63. The molecular formula is C26H27F3N4O3. The van der Waals surface area contributed by atoms with Crippen LogP contribution in [0.1, 0.15) is 54.2 Å². The van der Waals surface area contributed by atoms with Crippen LogP contribution < -0.4 is 10.6 Å². The van der Waals surface area contributed by atoms with Gasteiger partial charge in [0.05, 0.1) is 29.3 Å². The number of carboxylic acids is 1. The second-order valence-electron chi connectivity index (χ2n) is 8.71. The standard InChI is InChI=1S/C26H27F3N4O3/c1-16(2)13-22(33-23-10-6-19(15-32-23)25(36)30-12-11-24(34)35)18-5-9-21(31-14-18)17-3-7-20(8-4-17)26(27,28)29/h3-10,14-16,22H,11-13H2,1-2H3,(H,30,36)(H,32,33)(H,34,35)/t22-/m1/s1. The highest BCUT2D eigenvalue weighted by Crippen LogP contribution is 2.31. The van der Waals surface area contributed by atoms with Gasteiger partial charge in [-0.3, -0.25) is 14.6 Å². The Labute approximate surface area is 206 Å². The Bertz CT molecular complexity index is 1160. The number of nitrogens with one attached hydrogen (secondary N) is 2. The molecule has 3 aromatic rings. The van der Waals surface area contributed by atoms with E-state index in [1.807, 2.05) is 6.07 Å². The van der Waals surface area contributed by atoms with Crippen molar-refractivity contribution in [1.82, 2.24) is 15.3 Å². The van der Waals surface area contributed by atoms with E-state index < -0.39 is 23.6 Å². The van der Waals surface area contributed by atoms with Gasteiger partial charge in [-0.05, 0) is 48.2 Å². The molecule has 0 spiro atoms. The van der Waals surface area contributed by atoms with Gasteiger partial charge in [0, 0.05) is 24.5 Å². The number of hydrogen-bond donors (Lipinski definition) is 3. The van der Waals surface area contributed by atoms with Gasteiger partial charge in [0.1, 0.15) is 5.82 Å². The molecule has 0 saturated carbocycles. The van der Waals surface area contributed by atoms with Crippen LogP contribution in [0.25, 0.3) is 11.3 Å². The number of hydrogen-bond acceptors (Lipinski definition) is 5. The zero-order valence-corrected chi connectivity index (χ0v) is 19.8. The van der Waals surface area contributed by atoms with Crippen molar-refractivity contribution in [3.63, 3.8) is 0 Å². The number of amides is 1.